The maximum absolute atomic E-state index is 13.0. The van der Waals surface area contributed by atoms with Gasteiger partial charge < -0.3 is 14.4 Å². The number of rotatable bonds is 5. The molecule has 6 nitrogen and oxygen atoms in total. The number of benzene rings is 2. The number of halogens is 2. The third kappa shape index (κ3) is 4.89. The molecule has 8 heteroatoms. The van der Waals surface area contributed by atoms with Gasteiger partial charge in [0, 0.05) is 12.1 Å². The minimum absolute atomic E-state index is 0.0883. The fraction of sp³-hybridized carbons (Fsp3) is 0.227. The van der Waals surface area contributed by atoms with E-state index in [2.05, 4.69) is 9.97 Å². The van der Waals surface area contributed by atoms with Gasteiger partial charge in [0.15, 0.2) is 5.82 Å². The molecule has 0 bridgehead atoms. The zero-order chi connectivity index (χ0) is 20.9. The van der Waals surface area contributed by atoms with E-state index in [9.17, 15) is 13.6 Å². The highest BCUT2D eigenvalue weighted by atomic mass is 19.1. The van der Waals surface area contributed by atoms with E-state index in [-0.39, 0.29) is 23.8 Å². The van der Waals surface area contributed by atoms with E-state index in [0.717, 1.165) is 25.2 Å². The Hall–Kier alpha value is -3.55. The van der Waals surface area contributed by atoms with Crippen molar-refractivity contribution in [2.45, 2.75) is 18.9 Å². The van der Waals surface area contributed by atoms with Gasteiger partial charge in [-0.15, -0.1) is 0 Å². The maximum atomic E-state index is 13.0. The van der Waals surface area contributed by atoms with E-state index in [1.807, 2.05) is 0 Å². The number of piperidine rings is 1. The van der Waals surface area contributed by atoms with Gasteiger partial charge >= 0.3 is 6.01 Å². The van der Waals surface area contributed by atoms with Crippen molar-refractivity contribution >= 4 is 5.91 Å². The summed E-state index contributed by atoms with van der Waals surface area (Å²) in [6, 6.07) is 12.6. The van der Waals surface area contributed by atoms with Gasteiger partial charge in [-0.1, -0.05) is 6.07 Å². The normalized spacial score (nSPS) is 16.2. The predicted octanol–water partition coefficient (Wildman–Crippen LogP) is 4.23. The summed E-state index contributed by atoms with van der Waals surface area (Å²) in [4.78, 5) is 22.3. The fourth-order valence-electron chi connectivity index (χ4n) is 3.24. The van der Waals surface area contributed by atoms with Crippen LogP contribution in [0.5, 0.6) is 17.5 Å². The Kier molecular flexibility index (Phi) is 5.83. The van der Waals surface area contributed by atoms with Crippen molar-refractivity contribution in [3.8, 4) is 17.5 Å². The smallest absolute Gasteiger partial charge is 0.316 e. The number of hydrogen-bond donors (Lipinski definition) is 0. The van der Waals surface area contributed by atoms with Gasteiger partial charge in [0.25, 0.3) is 5.91 Å². The van der Waals surface area contributed by atoms with Gasteiger partial charge in [-0.2, -0.15) is 0 Å². The Morgan fingerprint density at radius 3 is 2.53 bits per heavy atom. The van der Waals surface area contributed by atoms with Gasteiger partial charge in [-0.3, -0.25) is 4.79 Å². The summed E-state index contributed by atoms with van der Waals surface area (Å²) in [5.74, 6) is -0.0682. The molecule has 1 fully saturated rings. The summed E-state index contributed by atoms with van der Waals surface area (Å²) in [6.07, 6.45) is 3.33. The molecule has 1 atom stereocenters. The zero-order valence-corrected chi connectivity index (χ0v) is 16.0. The van der Waals surface area contributed by atoms with Crippen molar-refractivity contribution in [2.24, 2.45) is 0 Å². The summed E-state index contributed by atoms with van der Waals surface area (Å²) in [6.45, 7) is 0.981. The van der Waals surface area contributed by atoms with Gasteiger partial charge in [0.1, 0.15) is 23.4 Å². The van der Waals surface area contributed by atoms with Crippen molar-refractivity contribution in [1.29, 1.82) is 0 Å². The lowest BCUT2D eigenvalue weighted by Crippen LogP contribution is -2.44. The minimum atomic E-state index is -0.537. The molecule has 1 aliphatic heterocycles. The average molecular weight is 411 g/mol. The molecule has 154 valence electrons. The first-order valence-electron chi connectivity index (χ1n) is 9.54. The van der Waals surface area contributed by atoms with Crippen LogP contribution in [0, 0.1) is 11.6 Å². The number of likely N-dealkylation sites (tertiary alicyclic amines) is 1. The fourth-order valence-corrected chi connectivity index (χ4v) is 3.24. The second kappa shape index (κ2) is 8.86. The summed E-state index contributed by atoms with van der Waals surface area (Å²) >= 11 is 0. The first kappa shape index (κ1) is 19.8. The van der Waals surface area contributed by atoms with Crippen LogP contribution in [-0.4, -0.2) is 40.0 Å². The molecule has 1 saturated heterocycles. The first-order valence-corrected chi connectivity index (χ1v) is 9.54. The molecular formula is C22H19F2N3O3. The number of ether oxygens (including phenoxy) is 2. The predicted molar refractivity (Wildman–Crippen MR) is 104 cm³/mol. The molecule has 1 aromatic heterocycles. The molecule has 1 amide bonds. The van der Waals surface area contributed by atoms with Crippen LogP contribution in [0.1, 0.15) is 23.2 Å². The van der Waals surface area contributed by atoms with Crippen LogP contribution in [0.3, 0.4) is 0 Å². The summed E-state index contributed by atoms with van der Waals surface area (Å²) < 4.78 is 37.4. The van der Waals surface area contributed by atoms with E-state index in [1.54, 1.807) is 29.2 Å². The Bertz CT molecular complexity index is 1010. The Labute approximate surface area is 172 Å². The molecule has 0 aliphatic carbocycles. The minimum Gasteiger partial charge on any atom is -0.458 e. The highest BCUT2D eigenvalue weighted by molar-refractivity contribution is 5.94. The third-order valence-electron chi connectivity index (χ3n) is 4.66. The number of aromatic nitrogens is 2. The van der Waals surface area contributed by atoms with Gasteiger partial charge in [0.05, 0.1) is 18.9 Å². The largest absolute Gasteiger partial charge is 0.458 e. The lowest BCUT2D eigenvalue weighted by molar-refractivity contribution is 0.0515. The highest BCUT2D eigenvalue weighted by Gasteiger charge is 2.26. The molecule has 0 N–H and O–H groups in total. The van der Waals surface area contributed by atoms with Crippen molar-refractivity contribution in [2.75, 3.05) is 13.1 Å². The zero-order valence-electron chi connectivity index (χ0n) is 16.0. The molecule has 4 rings (SSSR count). The number of carbonyl (C=O) groups excluding carboxylic acids is 1. The van der Waals surface area contributed by atoms with Crippen molar-refractivity contribution in [1.82, 2.24) is 14.9 Å². The number of nitrogens with zero attached hydrogens (tertiary/aromatic N) is 3. The van der Waals surface area contributed by atoms with E-state index in [0.29, 0.717) is 30.2 Å². The number of amides is 1. The number of hydrogen-bond acceptors (Lipinski definition) is 5. The monoisotopic (exact) mass is 411 g/mol. The van der Waals surface area contributed by atoms with Crippen LogP contribution in [-0.2, 0) is 0 Å². The quantitative estimate of drug-likeness (QED) is 0.629. The van der Waals surface area contributed by atoms with E-state index in [1.165, 1.54) is 24.3 Å². The van der Waals surface area contributed by atoms with E-state index < -0.39 is 5.82 Å². The summed E-state index contributed by atoms with van der Waals surface area (Å²) in [5.41, 5.74) is 0.480. The van der Waals surface area contributed by atoms with Crippen molar-refractivity contribution in [3.63, 3.8) is 0 Å². The van der Waals surface area contributed by atoms with Crippen LogP contribution in [0.2, 0.25) is 0 Å². The molecule has 0 spiro atoms. The molecule has 1 unspecified atom stereocenters. The molecule has 0 radical (unpaired) electrons. The first-order chi connectivity index (χ1) is 14.6. The average Bonchev–Trinajstić information content (AvgIpc) is 2.77. The molecule has 0 saturated carbocycles. The molecule has 2 aromatic carbocycles. The Morgan fingerprint density at radius 2 is 1.77 bits per heavy atom. The van der Waals surface area contributed by atoms with E-state index in [4.69, 9.17) is 9.47 Å². The topological polar surface area (TPSA) is 64.5 Å². The SMILES string of the molecule is O=C(c1cccc(Oc2ccc(F)cc2)c1)N1CCCC(Oc2ncc(F)cn2)C1. The molecule has 1 aliphatic rings. The lowest BCUT2D eigenvalue weighted by Gasteiger charge is -2.32. The highest BCUT2D eigenvalue weighted by Crippen LogP contribution is 2.24. The second-order valence-electron chi connectivity index (χ2n) is 6.90. The molecule has 2 heterocycles. The molecular weight excluding hydrogens is 392 g/mol. The van der Waals surface area contributed by atoms with Crippen LogP contribution >= 0.6 is 0 Å². The van der Waals surface area contributed by atoms with Gasteiger partial charge in [-0.25, -0.2) is 18.7 Å². The lowest BCUT2D eigenvalue weighted by atomic mass is 10.1. The Balaban J connectivity index is 1.41. The van der Waals surface area contributed by atoms with Gasteiger partial charge in [0.2, 0.25) is 0 Å². The third-order valence-corrected chi connectivity index (χ3v) is 4.66. The van der Waals surface area contributed by atoms with Crippen molar-refractivity contribution < 1.29 is 23.0 Å². The maximum Gasteiger partial charge on any atom is 0.316 e. The molecule has 30 heavy (non-hydrogen) atoms. The summed E-state index contributed by atoms with van der Waals surface area (Å²) in [5, 5.41) is 0. The molecule has 3 aromatic rings. The van der Waals surface area contributed by atoms with Gasteiger partial charge in [-0.05, 0) is 55.3 Å². The standard InChI is InChI=1S/C22H19F2N3O3/c23-16-6-8-18(9-7-16)29-19-4-1-3-15(11-19)21(28)27-10-2-5-20(14-27)30-22-25-12-17(24)13-26-22/h1,3-4,6-9,11-13,20H,2,5,10,14H2. The second-order valence-corrected chi connectivity index (χ2v) is 6.90. The van der Waals surface area contributed by atoms with Crippen LogP contribution < -0.4 is 9.47 Å². The van der Waals surface area contributed by atoms with Crippen LogP contribution in [0.4, 0.5) is 8.78 Å². The van der Waals surface area contributed by atoms with Crippen LogP contribution in [0.15, 0.2) is 60.9 Å². The van der Waals surface area contributed by atoms with E-state index >= 15 is 0 Å². The van der Waals surface area contributed by atoms with Crippen LogP contribution in [0.25, 0.3) is 0 Å². The summed E-state index contributed by atoms with van der Waals surface area (Å²) in [7, 11) is 0. The van der Waals surface area contributed by atoms with Crippen molar-refractivity contribution in [3.05, 3.63) is 78.1 Å². The number of carbonyl (C=O) groups is 1. The Morgan fingerprint density at radius 1 is 1.00 bits per heavy atom.